The number of amides is 2. The van der Waals surface area contributed by atoms with Crippen LogP contribution in [0.5, 0.6) is 0 Å². The third kappa shape index (κ3) is 5.54. The average molecular weight is 517 g/mol. The number of likely N-dealkylation sites (tertiary alicyclic amines) is 2. The zero-order chi connectivity index (χ0) is 26.9. The zero-order valence-electron chi connectivity index (χ0n) is 22.6. The molecule has 0 saturated carbocycles. The minimum absolute atomic E-state index is 0.0490. The standard InChI is InChI=1S/C32H37FN2O3/c1-31(2,3)38-30(37)35-20-17-32(28(22-35)24-11-13-26(33)14-12-24)15-18-34(19-16-32)29(36)21-25-9-6-8-23-7-4-5-10-27(23)25/h4-14,28H,15-22H2,1-3H3. The number of piperidine rings is 2. The van der Waals surface area contributed by atoms with E-state index in [1.165, 1.54) is 12.1 Å². The Labute approximate surface area is 224 Å². The lowest BCUT2D eigenvalue weighted by atomic mass is 9.62. The van der Waals surface area contributed by atoms with Crippen molar-refractivity contribution in [2.24, 2.45) is 5.41 Å². The number of fused-ring (bicyclic) bond motifs is 1. The van der Waals surface area contributed by atoms with Crippen LogP contribution in [0.3, 0.4) is 0 Å². The number of rotatable bonds is 3. The fourth-order valence-corrected chi connectivity index (χ4v) is 6.20. The van der Waals surface area contributed by atoms with Crippen molar-refractivity contribution in [1.29, 1.82) is 0 Å². The second-order valence-corrected chi connectivity index (χ2v) is 11.8. The number of nitrogens with zero attached hydrogens (tertiary/aromatic N) is 2. The molecule has 1 spiro atoms. The molecule has 1 atom stereocenters. The van der Waals surface area contributed by atoms with Crippen LogP contribution in [0.15, 0.2) is 66.7 Å². The van der Waals surface area contributed by atoms with E-state index in [0.717, 1.165) is 41.2 Å². The van der Waals surface area contributed by atoms with Gasteiger partial charge in [-0.15, -0.1) is 0 Å². The van der Waals surface area contributed by atoms with Gasteiger partial charge in [0, 0.05) is 32.1 Å². The topological polar surface area (TPSA) is 49.9 Å². The fraction of sp³-hybridized carbons (Fsp3) is 0.438. The molecule has 0 aliphatic carbocycles. The predicted octanol–water partition coefficient (Wildman–Crippen LogP) is 6.55. The van der Waals surface area contributed by atoms with Crippen LogP contribution >= 0.6 is 0 Å². The molecule has 2 fully saturated rings. The molecule has 2 amide bonds. The Morgan fingerprint density at radius 1 is 0.895 bits per heavy atom. The summed E-state index contributed by atoms with van der Waals surface area (Å²) < 4.78 is 19.4. The molecule has 0 bridgehead atoms. The summed E-state index contributed by atoms with van der Waals surface area (Å²) in [6, 6.07) is 21.0. The predicted molar refractivity (Wildman–Crippen MR) is 147 cm³/mol. The van der Waals surface area contributed by atoms with Crippen LogP contribution in [0, 0.1) is 11.2 Å². The van der Waals surface area contributed by atoms with Crippen LogP contribution in [-0.2, 0) is 16.0 Å². The van der Waals surface area contributed by atoms with E-state index in [2.05, 4.69) is 18.2 Å². The molecule has 2 heterocycles. The molecule has 0 aromatic heterocycles. The molecule has 0 N–H and O–H groups in total. The fourth-order valence-electron chi connectivity index (χ4n) is 6.20. The summed E-state index contributed by atoms with van der Waals surface area (Å²) in [5.74, 6) is -0.0585. The van der Waals surface area contributed by atoms with Gasteiger partial charge in [-0.05, 0) is 79.5 Å². The number of carbonyl (C=O) groups excluding carboxylic acids is 2. The molecular weight excluding hydrogens is 479 g/mol. The number of carbonyl (C=O) groups is 2. The van der Waals surface area contributed by atoms with Crippen molar-refractivity contribution in [3.63, 3.8) is 0 Å². The van der Waals surface area contributed by atoms with Crippen LogP contribution < -0.4 is 0 Å². The van der Waals surface area contributed by atoms with Crippen molar-refractivity contribution in [1.82, 2.24) is 9.80 Å². The van der Waals surface area contributed by atoms with Gasteiger partial charge in [-0.25, -0.2) is 9.18 Å². The molecule has 3 aromatic carbocycles. The summed E-state index contributed by atoms with van der Waals surface area (Å²) in [6.07, 6.45) is 2.64. The lowest BCUT2D eigenvalue weighted by Gasteiger charge is -2.52. The highest BCUT2D eigenvalue weighted by atomic mass is 19.1. The molecule has 3 aromatic rings. The maximum atomic E-state index is 13.8. The molecule has 2 aliphatic heterocycles. The largest absolute Gasteiger partial charge is 0.444 e. The van der Waals surface area contributed by atoms with Gasteiger partial charge in [0.2, 0.25) is 5.91 Å². The first-order chi connectivity index (χ1) is 18.1. The normalized spacial score (nSPS) is 19.5. The zero-order valence-corrected chi connectivity index (χ0v) is 22.6. The van der Waals surface area contributed by atoms with Gasteiger partial charge in [0.1, 0.15) is 11.4 Å². The molecule has 200 valence electrons. The van der Waals surface area contributed by atoms with E-state index >= 15 is 0 Å². The molecule has 0 radical (unpaired) electrons. The summed E-state index contributed by atoms with van der Waals surface area (Å²) in [6.45, 7) is 8.15. The number of hydrogen-bond acceptors (Lipinski definition) is 3. The summed E-state index contributed by atoms with van der Waals surface area (Å²) in [4.78, 5) is 30.1. The van der Waals surface area contributed by atoms with Gasteiger partial charge >= 0.3 is 6.09 Å². The van der Waals surface area contributed by atoms with Gasteiger partial charge in [-0.3, -0.25) is 4.79 Å². The lowest BCUT2D eigenvalue weighted by molar-refractivity contribution is -0.133. The molecule has 38 heavy (non-hydrogen) atoms. The molecule has 2 aliphatic rings. The summed E-state index contributed by atoms with van der Waals surface area (Å²) in [7, 11) is 0. The van der Waals surface area contributed by atoms with Crippen molar-refractivity contribution in [2.45, 2.75) is 58.0 Å². The second kappa shape index (κ2) is 10.4. The minimum Gasteiger partial charge on any atom is -0.444 e. The summed E-state index contributed by atoms with van der Waals surface area (Å²) >= 11 is 0. The van der Waals surface area contributed by atoms with Gasteiger partial charge in [0.15, 0.2) is 0 Å². The van der Waals surface area contributed by atoms with E-state index in [-0.39, 0.29) is 29.2 Å². The van der Waals surface area contributed by atoms with Crippen LogP contribution in [-0.4, -0.2) is 53.6 Å². The van der Waals surface area contributed by atoms with Crippen LogP contribution in [0.2, 0.25) is 0 Å². The van der Waals surface area contributed by atoms with Crippen molar-refractivity contribution in [3.05, 3.63) is 83.7 Å². The molecular formula is C32H37FN2O3. The highest BCUT2D eigenvalue weighted by Gasteiger charge is 2.47. The number of halogens is 1. The highest BCUT2D eigenvalue weighted by Crippen LogP contribution is 2.50. The Bertz CT molecular complexity index is 1300. The lowest BCUT2D eigenvalue weighted by Crippen LogP contribution is -2.54. The van der Waals surface area contributed by atoms with E-state index in [0.29, 0.717) is 32.6 Å². The first-order valence-electron chi connectivity index (χ1n) is 13.6. The first-order valence-corrected chi connectivity index (χ1v) is 13.6. The monoisotopic (exact) mass is 516 g/mol. The van der Waals surface area contributed by atoms with Gasteiger partial charge in [0.05, 0.1) is 6.42 Å². The molecule has 2 saturated heterocycles. The van der Waals surface area contributed by atoms with Crippen molar-refractivity contribution < 1.29 is 18.7 Å². The van der Waals surface area contributed by atoms with Crippen LogP contribution in [0.25, 0.3) is 10.8 Å². The Kier molecular flexibility index (Phi) is 7.17. The minimum atomic E-state index is -0.562. The summed E-state index contributed by atoms with van der Waals surface area (Å²) in [5.41, 5.74) is 1.48. The summed E-state index contributed by atoms with van der Waals surface area (Å²) in [5, 5.41) is 2.28. The SMILES string of the molecule is CC(C)(C)OC(=O)N1CCC2(CCN(C(=O)Cc3cccc4ccccc34)CC2)C(c2ccc(F)cc2)C1. The Balaban J connectivity index is 1.31. The van der Waals surface area contributed by atoms with Crippen LogP contribution in [0.1, 0.15) is 57.1 Å². The van der Waals surface area contributed by atoms with Crippen molar-refractivity contribution >= 4 is 22.8 Å². The van der Waals surface area contributed by atoms with Gasteiger partial charge in [-0.2, -0.15) is 0 Å². The van der Waals surface area contributed by atoms with Gasteiger partial charge in [0.25, 0.3) is 0 Å². The molecule has 5 nitrogen and oxygen atoms in total. The van der Waals surface area contributed by atoms with Gasteiger partial charge < -0.3 is 14.5 Å². The van der Waals surface area contributed by atoms with Crippen molar-refractivity contribution in [3.8, 4) is 0 Å². The Morgan fingerprint density at radius 3 is 2.21 bits per heavy atom. The highest BCUT2D eigenvalue weighted by molar-refractivity contribution is 5.90. The van der Waals surface area contributed by atoms with E-state index in [9.17, 15) is 14.0 Å². The Morgan fingerprint density at radius 2 is 1.53 bits per heavy atom. The molecule has 5 rings (SSSR count). The van der Waals surface area contributed by atoms with Gasteiger partial charge in [-0.1, -0.05) is 54.6 Å². The first kappa shape index (κ1) is 26.2. The number of ether oxygens (including phenoxy) is 1. The second-order valence-electron chi connectivity index (χ2n) is 11.8. The number of hydrogen-bond donors (Lipinski definition) is 0. The van der Waals surface area contributed by atoms with Crippen LogP contribution in [0.4, 0.5) is 9.18 Å². The van der Waals surface area contributed by atoms with E-state index in [1.807, 2.05) is 62.1 Å². The van der Waals surface area contributed by atoms with E-state index < -0.39 is 5.60 Å². The third-order valence-electron chi connectivity index (χ3n) is 8.28. The van der Waals surface area contributed by atoms with Crippen molar-refractivity contribution in [2.75, 3.05) is 26.2 Å². The van der Waals surface area contributed by atoms with E-state index in [1.54, 1.807) is 4.90 Å². The third-order valence-corrected chi connectivity index (χ3v) is 8.28. The maximum absolute atomic E-state index is 13.8. The molecule has 1 unspecified atom stereocenters. The number of benzene rings is 3. The quantitative estimate of drug-likeness (QED) is 0.396. The molecule has 6 heteroatoms. The smallest absolute Gasteiger partial charge is 0.410 e. The van der Waals surface area contributed by atoms with E-state index in [4.69, 9.17) is 4.74 Å². The Hall–Kier alpha value is -3.41. The average Bonchev–Trinajstić information content (AvgIpc) is 2.89. The maximum Gasteiger partial charge on any atom is 0.410 e.